The maximum absolute atomic E-state index is 13.2. The summed E-state index contributed by atoms with van der Waals surface area (Å²) in [6.45, 7) is 0.560. The second-order valence-electron chi connectivity index (χ2n) is 3.86. The molecule has 68 valence electrons. The van der Waals surface area contributed by atoms with Gasteiger partial charge in [-0.2, -0.15) is 0 Å². The Morgan fingerprint density at radius 1 is 1.33 bits per heavy atom. The first kappa shape index (κ1) is 8.02. The van der Waals surface area contributed by atoms with E-state index >= 15 is 0 Å². The predicted molar refractivity (Wildman–Crippen MR) is 43.4 cm³/mol. The Hall–Kier alpha value is -0.600. The zero-order valence-corrected chi connectivity index (χ0v) is 7.05. The molecule has 0 aromatic rings. The third-order valence-electron chi connectivity index (χ3n) is 3.14. The molecule has 0 bridgehead atoms. The molecule has 1 saturated carbocycles. The van der Waals surface area contributed by atoms with Gasteiger partial charge in [-0.25, -0.2) is 4.39 Å². The van der Waals surface area contributed by atoms with Gasteiger partial charge in [0.2, 0.25) is 0 Å². The number of alkyl halides is 1. The summed E-state index contributed by atoms with van der Waals surface area (Å²) in [5, 5.41) is 2.58. The first-order valence-electron chi connectivity index (χ1n) is 4.71. The van der Waals surface area contributed by atoms with Gasteiger partial charge in [-0.1, -0.05) is 12.8 Å². The van der Waals surface area contributed by atoms with Crippen molar-refractivity contribution in [1.29, 1.82) is 0 Å². The third-order valence-corrected chi connectivity index (χ3v) is 3.14. The van der Waals surface area contributed by atoms with E-state index in [1.807, 2.05) is 0 Å². The standard InChI is InChI=1S/C9H14FNO/c10-8-7(5-11-9(8)12)6-3-1-2-4-6/h6-8H,1-5H2,(H,11,12). The first-order chi connectivity index (χ1) is 5.79. The van der Waals surface area contributed by atoms with Gasteiger partial charge in [0.05, 0.1) is 0 Å². The third kappa shape index (κ3) is 1.21. The van der Waals surface area contributed by atoms with Crippen molar-refractivity contribution in [2.45, 2.75) is 31.9 Å². The molecule has 1 amide bonds. The minimum atomic E-state index is -1.23. The van der Waals surface area contributed by atoms with E-state index in [4.69, 9.17) is 0 Å². The van der Waals surface area contributed by atoms with Gasteiger partial charge in [0.25, 0.3) is 5.91 Å². The van der Waals surface area contributed by atoms with Gasteiger partial charge in [-0.05, 0) is 18.8 Å². The highest BCUT2D eigenvalue weighted by molar-refractivity contribution is 5.83. The molecule has 0 aromatic heterocycles. The van der Waals surface area contributed by atoms with Crippen LogP contribution in [0.4, 0.5) is 4.39 Å². The average molecular weight is 171 g/mol. The molecule has 2 nitrogen and oxygen atoms in total. The topological polar surface area (TPSA) is 29.1 Å². The van der Waals surface area contributed by atoms with Crippen molar-refractivity contribution < 1.29 is 9.18 Å². The van der Waals surface area contributed by atoms with E-state index in [-0.39, 0.29) is 5.92 Å². The van der Waals surface area contributed by atoms with Crippen molar-refractivity contribution in [2.75, 3.05) is 6.54 Å². The second-order valence-corrected chi connectivity index (χ2v) is 3.86. The molecule has 1 N–H and O–H groups in total. The van der Waals surface area contributed by atoms with Crippen LogP contribution < -0.4 is 5.32 Å². The number of carbonyl (C=O) groups is 1. The molecule has 2 atom stereocenters. The molecule has 3 heteroatoms. The van der Waals surface area contributed by atoms with Crippen LogP contribution in [0.5, 0.6) is 0 Å². The molecule has 0 radical (unpaired) electrons. The predicted octanol–water partition coefficient (Wildman–Crippen LogP) is 1.26. The molecule has 1 aliphatic carbocycles. The smallest absolute Gasteiger partial charge is 0.254 e. The van der Waals surface area contributed by atoms with Gasteiger partial charge in [-0.3, -0.25) is 4.79 Å². The largest absolute Gasteiger partial charge is 0.353 e. The normalized spacial score (nSPS) is 37.2. The summed E-state index contributed by atoms with van der Waals surface area (Å²) in [6, 6.07) is 0. The summed E-state index contributed by atoms with van der Waals surface area (Å²) in [4.78, 5) is 10.9. The highest BCUT2D eigenvalue weighted by Gasteiger charge is 2.40. The van der Waals surface area contributed by atoms with E-state index in [0.29, 0.717) is 12.5 Å². The number of amides is 1. The van der Waals surface area contributed by atoms with E-state index in [2.05, 4.69) is 5.32 Å². The van der Waals surface area contributed by atoms with E-state index in [0.717, 1.165) is 12.8 Å². The van der Waals surface area contributed by atoms with E-state index in [1.165, 1.54) is 12.8 Å². The minimum Gasteiger partial charge on any atom is -0.353 e. The Morgan fingerprint density at radius 3 is 2.50 bits per heavy atom. The van der Waals surface area contributed by atoms with Crippen LogP contribution in [-0.2, 0) is 4.79 Å². The SMILES string of the molecule is O=C1NCC(C2CCCC2)C1F. The summed E-state index contributed by atoms with van der Waals surface area (Å²) >= 11 is 0. The Balaban J connectivity index is 1.99. The van der Waals surface area contributed by atoms with Crippen LogP contribution in [0.25, 0.3) is 0 Å². The second kappa shape index (κ2) is 3.04. The molecule has 2 rings (SSSR count). The van der Waals surface area contributed by atoms with Crippen LogP contribution in [-0.4, -0.2) is 18.6 Å². The van der Waals surface area contributed by atoms with Crippen LogP contribution in [0, 0.1) is 11.8 Å². The molecule has 0 aromatic carbocycles. The number of nitrogens with one attached hydrogen (secondary N) is 1. The van der Waals surface area contributed by atoms with Crippen molar-refractivity contribution in [1.82, 2.24) is 5.32 Å². The summed E-state index contributed by atoms with van der Waals surface area (Å²) in [5.41, 5.74) is 0. The lowest BCUT2D eigenvalue weighted by Crippen LogP contribution is -2.23. The lowest BCUT2D eigenvalue weighted by molar-refractivity contribution is -0.124. The zero-order valence-electron chi connectivity index (χ0n) is 7.05. The Bertz CT molecular complexity index is 189. The number of rotatable bonds is 1. The molecule has 2 unspecified atom stereocenters. The molecule has 1 heterocycles. The molecule has 0 spiro atoms. The number of halogens is 1. The van der Waals surface area contributed by atoms with Gasteiger partial charge in [-0.15, -0.1) is 0 Å². The monoisotopic (exact) mass is 171 g/mol. The number of hydrogen-bond acceptors (Lipinski definition) is 1. The summed E-state index contributed by atoms with van der Waals surface area (Å²) in [5.74, 6) is 0.0332. The molecule has 12 heavy (non-hydrogen) atoms. The fourth-order valence-corrected chi connectivity index (χ4v) is 2.41. The number of carbonyl (C=O) groups excluding carboxylic acids is 1. The Kier molecular flexibility index (Phi) is 2.03. The van der Waals surface area contributed by atoms with E-state index < -0.39 is 12.1 Å². The minimum absolute atomic E-state index is 0.0278. The lowest BCUT2D eigenvalue weighted by atomic mass is 9.89. The maximum Gasteiger partial charge on any atom is 0.254 e. The van der Waals surface area contributed by atoms with Crippen molar-refractivity contribution in [3.8, 4) is 0 Å². The van der Waals surface area contributed by atoms with Crippen LogP contribution >= 0.6 is 0 Å². The summed E-state index contributed by atoms with van der Waals surface area (Å²) < 4.78 is 13.2. The highest BCUT2D eigenvalue weighted by atomic mass is 19.1. The van der Waals surface area contributed by atoms with E-state index in [1.54, 1.807) is 0 Å². The zero-order chi connectivity index (χ0) is 8.55. The van der Waals surface area contributed by atoms with Gasteiger partial charge >= 0.3 is 0 Å². The molecular formula is C9H14FNO. The Labute approximate surface area is 71.5 Å². The average Bonchev–Trinajstić information content (AvgIpc) is 2.64. The van der Waals surface area contributed by atoms with Gasteiger partial charge in [0.15, 0.2) is 6.17 Å². The first-order valence-corrected chi connectivity index (χ1v) is 4.71. The molecule has 2 aliphatic rings. The molecule has 1 saturated heterocycles. The molecular weight excluding hydrogens is 157 g/mol. The Morgan fingerprint density at radius 2 is 2.00 bits per heavy atom. The molecule has 1 aliphatic heterocycles. The van der Waals surface area contributed by atoms with Crippen molar-refractivity contribution in [2.24, 2.45) is 11.8 Å². The maximum atomic E-state index is 13.2. The summed E-state index contributed by atoms with van der Waals surface area (Å²) in [6.07, 6.45) is 3.41. The lowest BCUT2D eigenvalue weighted by Gasteiger charge is -2.17. The van der Waals surface area contributed by atoms with Crippen molar-refractivity contribution in [3.63, 3.8) is 0 Å². The van der Waals surface area contributed by atoms with Crippen LogP contribution in [0.15, 0.2) is 0 Å². The fourth-order valence-electron chi connectivity index (χ4n) is 2.41. The van der Waals surface area contributed by atoms with Gasteiger partial charge in [0.1, 0.15) is 0 Å². The van der Waals surface area contributed by atoms with Gasteiger partial charge < -0.3 is 5.32 Å². The van der Waals surface area contributed by atoms with Crippen molar-refractivity contribution in [3.05, 3.63) is 0 Å². The highest BCUT2D eigenvalue weighted by Crippen LogP contribution is 2.35. The van der Waals surface area contributed by atoms with Gasteiger partial charge in [0, 0.05) is 12.5 Å². The van der Waals surface area contributed by atoms with Crippen molar-refractivity contribution >= 4 is 5.91 Å². The quantitative estimate of drug-likeness (QED) is 0.632. The van der Waals surface area contributed by atoms with Crippen LogP contribution in [0.1, 0.15) is 25.7 Å². The summed E-state index contributed by atoms with van der Waals surface area (Å²) in [7, 11) is 0. The fraction of sp³-hybridized carbons (Fsp3) is 0.889. The van der Waals surface area contributed by atoms with E-state index in [9.17, 15) is 9.18 Å². The molecule has 2 fully saturated rings. The number of hydrogen-bond donors (Lipinski definition) is 1. The van der Waals surface area contributed by atoms with Crippen LogP contribution in [0.3, 0.4) is 0 Å². The van der Waals surface area contributed by atoms with Crippen LogP contribution in [0.2, 0.25) is 0 Å².